The topological polar surface area (TPSA) is 32.3 Å². The summed E-state index contributed by atoms with van der Waals surface area (Å²) in [7, 11) is 4.24. The molecule has 0 aliphatic carbocycles. The highest BCUT2D eigenvalue weighted by Gasteiger charge is 2.26. The third-order valence-corrected chi connectivity index (χ3v) is 6.14. The highest BCUT2D eigenvalue weighted by molar-refractivity contribution is 8.00. The van der Waals surface area contributed by atoms with E-state index >= 15 is 0 Å². The quantitative estimate of drug-likeness (QED) is 0.449. The summed E-state index contributed by atoms with van der Waals surface area (Å²) in [5.41, 5.74) is 4.23. The molecular formula is C23H22N4S. The molecule has 0 unspecified atom stereocenters. The van der Waals surface area contributed by atoms with Gasteiger partial charge in [-0.05, 0) is 63.3 Å². The van der Waals surface area contributed by atoms with Crippen molar-refractivity contribution in [1.29, 1.82) is 0 Å². The van der Waals surface area contributed by atoms with Crippen LogP contribution in [0.3, 0.4) is 0 Å². The lowest BCUT2D eigenvalue weighted by molar-refractivity contribution is 0.403. The number of anilines is 1. The second-order valence-corrected chi connectivity index (χ2v) is 8.49. The van der Waals surface area contributed by atoms with Gasteiger partial charge in [-0.2, -0.15) is 0 Å². The summed E-state index contributed by atoms with van der Waals surface area (Å²) in [5.74, 6) is 1.03. The molecule has 2 aromatic carbocycles. The molecule has 5 rings (SSSR count). The van der Waals surface area contributed by atoms with Gasteiger partial charge in [-0.25, -0.2) is 9.97 Å². The molecule has 1 aliphatic heterocycles. The summed E-state index contributed by atoms with van der Waals surface area (Å²) in [6, 6.07) is 21.2. The third kappa shape index (κ3) is 3.11. The molecule has 0 spiro atoms. The standard InChI is InChI=1S/C23H22N4S/c1-26(2)12-7-13-27-23-18(14-16-8-3-6-11-20(16)25-23)22-21(28-27)15-17-9-4-5-10-19(17)24-22/h3-6,8-11,14-15H,7,12-13H2,1-2H3. The Labute approximate surface area is 169 Å². The summed E-state index contributed by atoms with van der Waals surface area (Å²) in [5, 5.41) is 2.33. The lowest BCUT2D eigenvalue weighted by atomic mass is 10.1. The predicted octanol–water partition coefficient (Wildman–Crippen LogP) is 5.23. The van der Waals surface area contributed by atoms with Gasteiger partial charge >= 0.3 is 0 Å². The number of para-hydroxylation sites is 2. The van der Waals surface area contributed by atoms with Crippen LogP contribution >= 0.6 is 11.9 Å². The normalized spacial score (nSPS) is 13.2. The first-order valence-corrected chi connectivity index (χ1v) is 10.4. The van der Waals surface area contributed by atoms with Crippen molar-refractivity contribution in [2.45, 2.75) is 11.3 Å². The molecule has 0 amide bonds. The van der Waals surface area contributed by atoms with Crippen molar-refractivity contribution in [2.75, 3.05) is 31.5 Å². The Morgan fingerprint density at radius 1 is 0.893 bits per heavy atom. The van der Waals surface area contributed by atoms with E-state index < -0.39 is 0 Å². The molecule has 0 fully saturated rings. The van der Waals surface area contributed by atoms with E-state index in [-0.39, 0.29) is 0 Å². The van der Waals surface area contributed by atoms with E-state index in [9.17, 15) is 0 Å². The molecule has 140 valence electrons. The van der Waals surface area contributed by atoms with Crippen LogP contribution in [0.15, 0.2) is 65.6 Å². The average molecular weight is 387 g/mol. The minimum atomic E-state index is 0.952. The predicted molar refractivity (Wildman–Crippen MR) is 119 cm³/mol. The zero-order valence-corrected chi connectivity index (χ0v) is 16.9. The molecule has 3 heterocycles. The minimum absolute atomic E-state index is 0.952. The molecule has 0 atom stereocenters. The van der Waals surface area contributed by atoms with E-state index in [0.29, 0.717) is 0 Å². The van der Waals surface area contributed by atoms with Crippen LogP contribution in [0.2, 0.25) is 0 Å². The van der Waals surface area contributed by atoms with E-state index in [1.165, 1.54) is 10.3 Å². The van der Waals surface area contributed by atoms with Crippen molar-refractivity contribution in [2.24, 2.45) is 0 Å². The van der Waals surface area contributed by atoms with Crippen LogP contribution in [0.25, 0.3) is 33.1 Å². The van der Waals surface area contributed by atoms with Gasteiger partial charge in [0.15, 0.2) is 0 Å². The van der Waals surface area contributed by atoms with Crippen molar-refractivity contribution in [3.8, 4) is 11.3 Å². The number of aromatic nitrogens is 2. The van der Waals surface area contributed by atoms with Crippen molar-refractivity contribution in [3.05, 3.63) is 60.7 Å². The monoisotopic (exact) mass is 386 g/mol. The largest absolute Gasteiger partial charge is 0.309 e. The van der Waals surface area contributed by atoms with Crippen molar-refractivity contribution in [3.63, 3.8) is 0 Å². The highest BCUT2D eigenvalue weighted by Crippen LogP contribution is 2.46. The molecule has 0 radical (unpaired) electrons. The highest BCUT2D eigenvalue weighted by atomic mass is 32.2. The maximum absolute atomic E-state index is 5.03. The summed E-state index contributed by atoms with van der Waals surface area (Å²) < 4.78 is 2.34. The molecule has 28 heavy (non-hydrogen) atoms. The Balaban J connectivity index is 1.67. The number of nitrogens with zero attached hydrogens (tertiary/aromatic N) is 4. The molecule has 0 saturated carbocycles. The Morgan fingerprint density at radius 2 is 1.57 bits per heavy atom. The zero-order valence-electron chi connectivity index (χ0n) is 16.1. The van der Waals surface area contributed by atoms with Crippen LogP contribution in [-0.4, -0.2) is 42.1 Å². The molecular weight excluding hydrogens is 364 g/mol. The summed E-state index contributed by atoms with van der Waals surface area (Å²) >= 11 is 1.76. The van der Waals surface area contributed by atoms with Crippen LogP contribution in [0, 0.1) is 0 Å². The van der Waals surface area contributed by atoms with E-state index in [1.807, 2.05) is 12.1 Å². The summed E-state index contributed by atoms with van der Waals surface area (Å²) in [4.78, 5) is 13.5. The fourth-order valence-corrected chi connectivity index (χ4v) is 4.78. The Morgan fingerprint density at radius 3 is 2.32 bits per heavy atom. The van der Waals surface area contributed by atoms with Crippen molar-refractivity contribution >= 4 is 39.6 Å². The number of hydrogen-bond donors (Lipinski definition) is 0. The van der Waals surface area contributed by atoms with Gasteiger partial charge in [0, 0.05) is 22.9 Å². The van der Waals surface area contributed by atoms with Gasteiger partial charge in [-0.1, -0.05) is 36.4 Å². The number of benzene rings is 2. The fraction of sp³-hybridized carbons (Fsp3) is 0.217. The van der Waals surface area contributed by atoms with Crippen LogP contribution in [0.1, 0.15) is 6.42 Å². The Bertz CT molecular complexity index is 1170. The molecule has 2 aromatic heterocycles. The van der Waals surface area contributed by atoms with Crippen LogP contribution in [0.5, 0.6) is 0 Å². The summed E-state index contributed by atoms with van der Waals surface area (Å²) in [6.07, 6.45) is 1.09. The zero-order chi connectivity index (χ0) is 19.1. The van der Waals surface area contributed by atoms with Crippen molar-refractivity contribution < 1.29 is 0 Å². The third-order valence-electron chi connectivity index (χ3n) is 5.06. The van der Waals surface area contributed by atoms with Crippen LogP contribution < -0.4 is 4.31 Å². The second-order valence-electron chi connectivity index (χ2n) is 7.43. The minimum Gasteiger partial charge on any atom is -0.309 e. The number of hydrogen-bond acceptors (Lipinski definition) is 5. The van der Waals surface area contributed by atoms with Crippen LogP contribution in [-0.2, 0) is 0 Å². The maximum atomic E-state index is 5.03. The number of rotatable bonds is 4. The molecule has 4 aromatic rings. The van der Waals surface area contributed by atoms with Gasteiger partial charge in [-0.3, -0.25) is 4.31 Å². The maximum Gasteiger partial charge on any atom is 0.148 e. The van der Waals surface area contributed by atoms with E-state index in [0.717, 1.165) is 53.0 Å². The molecule has 0 N–H and O–H groups in total. The first kappa shape index (κ1) is 17.5. The molecule has 1 aliphatic rings. The molecule has 0 saturated heterocycles. The first-order chi connectivity index (χ1) is 13.7. The lowest BCUT2D eigenvalue weighted by Gasteiger charge is -2.30. The van der Waals surface area contributed by atoms with E-state index in [2.05, 4.69) is 71.8 Å². The van der Waals surface area contributed by atoms with E-state index in [1.54, 1.807) is 11.9 Å². The van der Waals surface area contributed by atoms with Gasteiger partial charge in [0.05, 0.1) is 21.6 Å². The van der Waals surface area contributed by atoms with Gasteiger partial charge in [0.25, 0.3) is 0 Å². The first-order valence-electron chi connectivity index (χ1n) is 9.59. The van der Waals surface area contributed by atoms with Gasteiger partial charge in [0.1, 0.15) is 5.82 Å². The summed E-state index contributed by atoms with van der Waals surface area (Å²) in [6.45, 7) is 2.01. The molecule has 0 bridgehead atoms. The van der Waals surface area contributed by atoms with E-state index in [4.69, 9.17) is 9.97 Å². The Hall–Kier alpha value is -2.63. The average Bonchev–Trinajstić information content (AvgIpc) is 2.71. The fourth-order valence-electron chi connectivity index (χ4n) is 3.67. The Kier molecular flexibility index (Phi) is 4.41. The van der Waals surface area contributed by atoms with Gasteiger partial charge in [-0.15, -0.1) is 0 Å². The SMILES string of the molecule is CN(C)CCCN1Sc2cc3ccccc3nc2-c2cc3ccccc3nc21. The number of pyridine rings is 2. The second kappa shape index (κ2) is 7.08. The smallest absolute Gasteiger partial charge is 0.148 e. The number of fused-ring (bicyclic) bond motifs is 5. The van der Waals surface area contributed by atoms with Gasteiger partial charge in [0.2, 0.25) is 0 Å². The molecule has 4 nitrogen and oxygen atoms in total. The molecule has 5 heteroatoms. The van der Waals surface area contributed by atoms with Gasteiger partial charge < -0.3 is 4.90 Å². The lowest BCUT2D eigenvalue weighted by Crippen LogP contribution is -2.24. The van der Waals surface area contributed by atoms with Crippen LogP contribution in [0.4, 0.5) is 5.82 Å². The van der Waals surface area contributed by atoms with Crippen molar-refractivity contribution in [1.82, 2.24) is 14.9 Å².